The Morgan fingerprint density at radius 1 is 1.22 bits per heavy atom. The van der Waals surface area contributed by atoms with Crippen molar-refractivity contribution in [2.75, 3.05) is 0 Å². The molecule has 0 spiro atoms. The number of rotatable bonds is 3. The maximum atomic E-state index is 6.06. The van der Waals surface area contributed by atoms with Crippen molar-refractivity contribution < 1.29 is 4.74 Å². The van der Waals surface area contributed by atoms with Crippen LogP contribution in [-0.4, -0.2) is 4.98 Å². The Morgan fingerprint density at radius 3 is 2.72 bits per heavy atom. The molecule has 0 saturated carbocycles. The molecule has 2 aromatic rings. The number of hydrogen-bond acceptors (Lipinski definition) is 2. The molecule has 0 aliphatic rings. The maximum Gasteiger partial charge on any atom is 0.130 e. The van der Waals surface area contributed by atoms with E-state index < -0.39 is 0 Å². The summed E-state index contributed by atoms with van der Waals surface area (Å²) in [4.78, 5) is 3.99. The number of halogens is 2. The zero-order chi connectivity index (χ0) is 13.1. The Bertz CT molecular complexity index is 570. The van der Waals surface area contributed by atoms with Crippen LogP contribution in [0.5, 0.6) is 5.75 Å². The monoisotopic (exact) mass is 281 g/mol. The van der Waals surface area contributed by atoms with Crippen LogP contribution in [0.2, 0.25) is 10.2 Å². The Labute approximate surface area is 117 Å². The molecule has 18 heavy (non-hydrogen) atoms. The van der Waals surface area contributed by atoms with E-state index in [9.17, 15) is 0 Å². The summed E-state index contributed by atoms with van der Waals surface area (Å²) in [6.45, 7) is 4.47. The van der Waals surface area contributed by atoms with Crippen molar-refractivity contribution in [2.45, 2.75) is 20.5 Å². The van der Waals surface area contributed by atoms with Crippen LogP contribution in [0.3, 0.4) is 0 Å². The predicted molar refractivity (Wildman–Crippen MR) is 74.5 cm³/mol. The van der Waals surface area contributed by atoms with Crippen molar-refractivity contribution in [3.63, 3.8) is 0 Å². The van der Waals surface area contributed by atoms with Gasteiger partial charge in [0.2, 0.25) is 0 Å². The molecule has 0 unspecified atom stereocenters. The summed E-state index contributed by atoms with van der Waals surface area (Å²) >= 11 is 11.8. The Hall–Kier alpha value is -1.25. The van der Waals surface area contributed by atoms with Crippen LogP contribution >= 0.6 is 23.2 Å². The minimum Gasteiger partial charge on any atom is -0.489 e. The molecule has 0 bridgehead atoms. The molecular formula is C14H13Cl2NO. The van der Waals surface area contributed by atoms with E-state index in [0.717, 1.165) is 16.9 Å². The lowest BCUT2D eigenvalue weighted by Gasteiger charge is -2.11. The van der Waals surface area contributed by atoms with Gasteiger partial charge in [-0.25, -0.2) is 4.98 Å². The van der Waals surface area contributed by atoms with Crippen molar-refractivity contribution in [2.24, 2.45) is 0 Å². The number of aromatic nitrogens is 1. The molecule has 0 atom stereocenters. The van der Waals surface area contributed by atoms with Crippen LogP contribution in [0, 0.1) is 13.8 Å². The van der Waals surface area contributed by atoms with Gasteiger partial charge >= 0.3 is 0 Å². The van der Waals surface area contributed by atoms with E-state index in [2.05, 4.69) is 18.0 Å². The molecule has 0 aliphatic carbocycles. The van der Waals surface area contributed by atoms with Gasteiger partial charge in [-0.3, -0.25) is 0 Å². The molecule has 1 aromatic carbocycles. The first-order valence-electron chi connectivity index (χ1n) is 5.57. The zero-order valence-electron chi connectivity index (χ0n) is 10.2. The third kappa shape index (κ3) is 2.95. The summed E-state index contributed by atoms with van der Waals surface area (Å²) in [5.41, 5.74) is 3.16. The normalized spacial score (nSPS) is 10.4. The first-order valence-corrected chi connectivity index (χ1v) is 6.32. The predicted octanol–water partition coefficient (Wildman–Crippen LogP) is 4.58. The fraction of sp³-hybridized carbons (Fsp3) is 0.214. The highest BCUT2D eigenvalue weighted by atomic mass is 35.5. The van der Waals surface area contributed by atoms with Crippen molar-refractivity contribution >= 4 is 23.2 Å². The van der Waals surface area contributed by atoms with Gasteiger partial charge in [-0.2, -0.15) is 0 Å². The molecule has 94 valence electrons. The van der Waals surface area contributed by atoms with Crippen LogP contribution < -0.4 is 4.74 Å². The molecule has 0 aliphatic heterocycles. The van der Waals surface area contributed by atoms with E-state index in [4.69, 9.17) is 27.9 Å². The highest BCUT2D eigenvalue weighted by Gasteiger charge is 2.05. The van der Waals surface area contributed by atoms with Gasteiger partial charge in [0.05, 0.1) is 5.02 Å². The zero-order valence-corrected chi connectivity index (χ0v) is 11.7. The number of benzene rings is 1. The smallest absolute Gasteiger partial charge is 0.130 e. The molecule has 0 amide bonds. The topological polar surface area (TPSA) is 22.1 Å². The quantitative estimate of drug-likeness (QED) is 0.768. The van der Waals surface area contributed by atoms with Crippen LogP contribution in [-0.2, 0) is 6.61 Å². The van der Waals surface area contributed by atoms with Gasteiger partial charge in [-0.15, -0.1) is 0 Å². The van der Waals surface area contributed by atoms with Gasteiger partial charge in [-0.05, 0) is 37.1 Å². The molecular weight excluding hydrogens is 269 g/mol. The third-order valence-corrected chi connectivity index (χ3v) is 3.39. The van der Waals surface area contributed by atoms with Crippen LogP contribution in [0.25, 0.3) is 0 Å². The number of hydrogen-bond donors (Lipinski definition) is 0. The summed E-state index contributed by atoms with van der Waals surface area (Å²) in [5.74, 6) is 0.862. The van der Waals surface area contributed by atoms with Crippen molar-refractivity contribution in [1.82, 2.24) is 4.98 Å². The van der Waals surface area contributed by atoms with Gasteiger partial charge in [-0.1, -0.05) is 35.3 Å². The summed E-state index contributed by atoms with van der Waals surface area (Å²) in [7, 11) is 0. The first-order chi connectivity index (χ1) is 8.58. The second kappa shape index (κ2) is 5.59. The fourth-order valence-electron chi connectivity index (χ4n) is 1.58. The lowest BCUT2D eigenvalue weighted by atomic mass is 10.1. The van der Waals surface area contributed by atoms with Crippen molar-refractivity contribution in [3.05, 3.63) is 57.3 Å². The van der Waals surface area contributed by atoms with Gasteiger partial charge in [0.1, 0.15) is 17.5 Å². The summed E-state index contributed by atoms with van der Waals surface area (Å²) < 4.78 is 5.76. The van der Waals surface area contributed by atoms with Crippen LogP contribution in [0.15, 0.2) is 30.5 Å². The third-order valence-electron chi connectivity index (χ3n) is 2.83. The van der Waals surface area contributed by atoms with E-state index >= 15 is 0 Å². The van der Waals surface area contributed by atoms with E-state index in [1.54, 1.807) is 12.3 Å². The highest BCUT2D eigenvalue weighted by molar-refractivity contribution is 6.34. The Balaban J connectivity index is 2.14. The highest BCUT2D eigenvalue weighted by Crippen LogP contribution is 2.24. The largest absolute Gasteiger partial charge is 0.489 e. The second-order valence-electron chi connectivity index (χ2n) is 4.09. The van der Waals surface area contributed by atoms with Gasteiger partial charge in [0.25, 0.3) is 0 Å². The number of nitrogens with zero attached hydrogens (tertiary/aromatic N) is 1. The minimum atomic E-state index is 0.382. The summed E-state index contributed by atoms with van der Waals surface area (Å²) in [5, 5.41) is 0.954. The van der Waals surface area contributed by atoms with Gasteiger partial charge in [0, 0.05) is 11.8 Å². The molecule has 1 aromatic heterocycles. The molecule has 4 heteroatoms. The molecule has 0 fully saturated rings. The Morgan fingerprint density at radius 2 is 2.00 bits per heavy atom. The SMILES string of the molecule is Cc1cccc(OCc2cnc(Cl)cc2Cl)c1C. The lowest BCUT2D eigenvalue weighted by molar-refractivity contribution is 0.303. The number of pyridine rings is 1. The molecule has 0 radical (unpaired) electrons. The maximum absolute atomic E-state index is 6.06. The average Bonchev–Trinajstić information content (AvgIpc) is 2.33. The molecule has 1 heterocycles. The van der Waals surface area contributed by atoms with Gasteiger partial charge < -0.3 is 4.74 Å². The van der Waals surface area contributed by atoms with E-state index in [0.29, 0.717) is 16.8 Å². The molecule has 2 nitrogen and oxygen atoms in total. The van der Waals surface area contributed by atoms with Gasteiger partial charge in [0.15, 0.2) is 0 Å². The lowest BCUT2D eigenvalue weighted by Crippen LogP contribution is -1.99. The number of ether oxygens (including phenoxy) is 1. The fourth-order valence-corrected chi connectivity index (χ4v) is 2.00. The molecule has 2 rings (SSSR count). The minimum absolute atomic E-state index is 0.382. The van der Waals surface area contributed by atoms with Crippen molar-refractivity contribution in [1.29, 1.82) is 0 Å². The van der Waals surface area contributed by atoms with E-state index in [1.165, 1.54) is 5.56 Å². The van der Waals surface area contributed by atoms with E-state index in [-0.39, 0.29) is 0 Å². The van der Waals surface area contributed by atoms with Crippen LogP contribution in [0.1, 0.15) is 16.7 Å². The van der Waals surface area contributed by atoms with E-state index in [1.807, 2.05) is 19.1 Å². The summed E-state index contributed by atoms with van der Waals surface area (Å²) in [6, 6.07) is 7.59. The van der Waals surface area contributed by atoms with Crippen molar-refractivity contribution in [3.8, 4) is 5.75 Å². The van der Waals surface area contributed by atoms with Crippen LogP contribution in [0.4, 0.5) is 0 Å². The molecule has 0 N–H and O–H groups in total. The summed E-state index contributed by atoms with van der Waals surface area (Å²) in [6.07, 6.45) is 1.63. The first kappa shape index (κ1) is 13.2. The standard InChI is InChI=1S/C14H13Cl2NO/c1-9-4-3-5-13(10(9)2)18-8-11-7-17-14(16)6-12(11)15/h3-7H,8H2,1-2H3. The Kier molecular flexibility index (Phi) is 4.10. The molecule has 0 saturated heterocycles. The second-order valence-corrected chi connectivity index (χ2v) is 4.88. The average molecular weight is 282 g/mol. The number of aryl methyl sites for hydroxylation is 1.